The van der Waals surface area contributed by atoms with E-state index in [4.69, 9.17) is 5.73 Å². The van der Waals surface area contributed by atoms with Crippen molar-refractivity contribution < 1.29 is 13.2 Å². The summed E-state index contributed by atoms with van der Waals surface area (Å²) in [6.45, 7) is 0.557. The van der Waals surface area contributed by atoms with Crippen molar-refractivity contribution in [3.63, 3.8) is 0 Å². The fraction of sp³-hybridized carbons (Fsp3) is 0.357. The maximum Gasteiger partial charge on any atom is 0.416 e. The van der Waals surface area contributed by atoms with E-state index in [1.54, 1.807) is 11.3 Å². The molecule has 0 unspecified atom stereocenters. The van der Waals surface area contributed by atoms with E-state index in [-0.39, 0.29) is 11.9 Å². The summed E-state index contributed by atoms with van der Waals surface area (Å²) in [5, 5.41) is 3.95. The number of thiophene rings is 1. The number of aromatic nitrogens is 1. The molecule has 2 N–H and O–H groups in total. The van der Waals surface area contributed by atoms with Gasteiger partial charge in [0.15, 0.2) is 0 Å². The van der Waals surface area contributed by atoms with Gasteiger partial charge in [-0.1, -0.05) is 0 Å². The van der Waals surface area contributed by atoms with E-state index >= 15 is 0 Å². The SMILES string of the molecule is Nc1cc(C(F)(F)F)cc(N(Cc2ccsc2)C2CC2)n1. The average molecular weight is 313 g/mol. The summed E-state index contributed by atoms with van der Waals surface area (Å²) in [6, 6.07) is 4.18. The quantitative estimate of drug-likeness (QED) is 0.930. The monoisotopic (exact) mass is 313 g/mol. The second-order valence-electron chi connectivity index (χ2n) is 5.13. The van der Waals surface area contributed by atoms with Gasteiger partial charge in [0.1, 0.15) is 11.6 Å². The van der Waals surface area contributed by atoms with Crippen LogP contribution in [0.5, 0.6) is 0 Å². The Hall–Kier alpha value is -1.76. The lowest BCUT2D eigenvalue weighted by atomic mass is 10.2. The Morgan fingerprint density at radius 1 is 1.33 bits per heavy atom. The van der Waals surface area contributed by atoms with Crippen molar-refractivity contribution in [1.29, 1.82) is 0 Å². The fourth-order valence-electron chi connectivity index (χ4n) is 2.21. The van der Waals surface area contributed by atoms with E-state index in [0.29, 0.717) is 12.4 Å². The van der Waals surface area contributed by atoms with Gasteiger partial charge in [-0.25, -0.2) is 4.98 Å². The van der Waals surface area contributed by atoms with Gasteiger partial charge in [0, 0.05) is 12.6 Å². The smallest absolute Gasteiger partial charge is 0.384 e. The van der Waals surface area contributed by atoms with Crippen LogP contribution in [0.3, 0.4) is 0 Å². The zero-order valence-electron chi connectivity index (χ0n) is 11.1. The van der Waals surface area contributed by atoms with Crippen LogP contribution in [0.2, 0.25) is 0 Å². The normalized spacial score (nSPS) is 15.2. The molecule has 2 aromatic rings. The van der Waals surface area contributed by atoms with E-state index in [2.05, 4.69) is 4.98 Å². The molecule has 3 rings (SSSR count). The minimum atomic E-state index is -4.41. The summed E-state index contributed by atoms with van der Waals surface area (Å²) in [6.07, 6.45) is -2.46. The Morgan fingerprint density at radius 3 is 2.67 bits per heavy atom. The number of pyridine rings is 1. The highest BCUT2D eigenvalue weighted by Crippen LogP contribution is 2.36. The molecule has 0 spiro atoms. The largest absolute Gasteiger partial charge is 0.416 e. The predicted molar refractivity (Wildman–Crippen MR) is 77.2 cm³/mol. The first-order chi connectivity index (χ1) is 9.93. The molecule has 21 heavy (non-hydrogen) atoms. The van der Waals surface area contributed by atoms with Gasteiger partial charge in [-0.3, -0.25) is 0 Å². The van der Waals surface area contributed by atoms with E-state index in [1.807, 2.05) is 21.7 Å². The van der Waals surface area contributed by atoms with Crippen molar-refractivity contribution in [1.82, 2.24) is 4.98 Å². The highest BCUT2D eigenvalue weighted by Gasteiger charge is 2.34. The molecular formula is C14H14F3N3S. The molecule has 0 aromatic carbocycles. The number of alkyl halides is 3. The Balaban J connectivity index is 1.94. The lowest BCUT2D eigenvalue weighted by Gasteiger charge is -2.24. The molecule has 112 valence electrons. The van der Waals surface area contributed by atoms with Crippen LogP contribution in [-0.2, 0) is 12.7 Å². The zero-order chi connectivity index (χ0) is 15.0. The molecule has 0 bridgehead atoms. The van der Waals surface area contributed by atoms with Crippen molar-refractivity contribution in [3.05, 3.63) is 40.1 Å². The molecule has 7 heteroatoms. The first-order valence-electron chi connectivity index (χ1n) is 6.56. The van der Waals surface area contributed by atoms with Crippen molar-refractivity contribution in [2.24, 2.45) is 0 Å². The second kappa shape index (κ2) is 5.22. The number of hydrogen-bond acceptors (Lipinski definition) is 4. The molecule has 1 saturated carbocycles. The molecule has 0 radical (unpaired) electrons. The zero-order valence-corrected chi connectivity index (χ0v) is 11.9. The van der Waals surface area contributed by atoms with Crippen molar-refractivity contribution in [2.45, 2.75) is 31.6 Å². The van der Waals surface area contributed by atoms with Crippen LogP contribution in [-0.4, -0.2) is 11.0 Å². The summed E-state index contributed by atoms with van der Waals surface area (Å²) < 4.78 is 38.7. The maximum atomic E-state index is 12.9. The van der Waals surface area contributed by atoms with E-state index < -0.39 is 11.7 Å². The van der Waals surface area contributed by atoms with Crippen molar-refractivity contribution in [3.8, 4) is 0 Å². The van der Waals surface area contributed by atoms with E-state index in [9.17, 15) is 13.2 Å². The van der Waals surface area contributed by atoms with Crippen LogP contribution < -0.4 is 10.6 Å². The number of nitrogens with zero attached hydrogens (tertiary/aromatic N) is 2. The second-order valence-corrected chi connectivity index (χ2v) is 5.91. The van der Waals surface area contributed by atoms with Crippen LogP contribution >= 0.6 is 11.3 Å². The molecular weight excluding hydrogens is 299 g/mol. The van der Waals surface area contributed by atoms with Gasteiger partial charge in [-0.15, -0.1) is 0 Å². The number of halogens is 3. The average Bonchev–Trinajstić information content (AvgIpc) is 3.11. The maximum absolute atomic E-state index is 12.9. The minimum Gasteiger partial charge on any atom is -0.384 e. The third-order valence-electron chi connectivity index (χ3n) is 3.37. The molecule has 0 amide bonds. The third kappa shape index (κ3) is 3.29. The van der Waals surface area contributed by atoms with Gasteiger partial charge in [0.25, 0.3) is 0 Å². The number of nitrogens with two attached hydrogens (primary N) is 1. The molecule has 1 fully saturated rings. The van der Waals surface area contributed by atoms with Crippen LogP contribution in [0.1, 0.15) is 24.0 Å². The molecule has 3 nitrogen and oxygen atoms in total. The van der Waals surface area contributed by atoms with Gasteiger partial charge < -0.3 is 10.6 Å². The molecule has 1 aliphatic carbocycles. The Bertz CT molecular complexity index is 621. The summed E-state index contributed by atoms with van der Waals surface area (Å²) >= 11 is 1.57. The molecule has 2 heterocycles. The molecule has 0 aliphatic heterocycles. The minimum absolute atomic E-state index is 0.101. The van der Waals surface area contributed by atoms with Crippen LogP contribution in [0.25, 0.3) is 0 Å². The predicted octanol–water partition coefficient (Wildman–Crippen LogP) is 3.91. The standard InChI is InChI=1S/C14H14F3N3S/c15-14(16,17)10-5-12(18)19-13(6-10)20(11-1-2-11)7-9-3-4-21-8-9/h3-6,8,11H,1-2,7H2,(H2,18,19). The number of nitrogen functional groups attached to an aromatic ring is 1. The van der Waals surface area contributed by atoms with Gasteiger partial charge >= 0.3 is 6.18 Å². The first kappa shape index (κ1) is 14.2. The van der Waals surface area contributed by atoms with Gasteiger partial charge in [-0.2, -0.15) is 24.5 Å². The molecule has 2 aromatic heterocycles. The topological polar surface area (TPSA) is 42.1 Å². The Kier molecular flexibility index (Phi) is 3.52. The van der Waals surface area contributed by atoms with E-state index in [0.717, 1.165) is 30.5 Å². The number of anilines is 2. The Morgan fingerprint density at radius 2 is 2.10 bits per heavy atom. The van der Waals surface area contributed by atoms with Crippen LogP contribution in [0.15, 0.2) is 29.0 Å². The van der Waals surface area contributed by atoms with Crippen LogP contribution in [0.4, 0.5) is 24.8 Å². The van der Waals surface area contributed by atoms with Crippen LogP contribution in [0, 0.1) is 0 Å². The summed E-state index contributed by atoms with van der Waals surface area (Å²) in [7, 11) is 0. The van der Waals surface area contributed by atoms with Crippen molar-refractivity contribution >= 4 is 23.0 Å². The molecule has 0 saturated heterocycles. The first-order valence-corrected chi connectivity index (χ1v) is 7.50. The van der Waals surface area contributed by atoms with Gasteiger partial charge in [0.05, 0.1) is 5.56 Å². The highest BCUT2D eigenvalue weighted by atomic mass is 32.1. The summed E-state index contributed by atoms with van der Waals surface area (Å²) in [4.78, 5) is 6.01. The summed E-state index contributed by atoms with van der Waals surface area (Å²) in [5.41, 5.74) is 5.88. The lowest BCUT2D eigenvalue weighted by molar-refractivity contribution is -0.137. The number of rotatable bonds is 4. The molecule has 0 atom stereocenters. The Labute approximate surface area is 124 Å². The van der Waals surface area contributed by atoms with Gasteiger partial charge in [0.2, 0.25) is 0 Å². The lowest BCUT2D eigenvalue weighted by Crippen LogP contribution is -2.26. The summed E-state index contributed by atoms with van der Waals surface area (Å²) in [5.74, 6) is 0.201. The van der Waals surface area contributed by atoms with Crippen molar-refractivity contribution in [2.75, 3.05) is 10.6 Å². The fourth-order valence-corrected chi connectivity index (χ4v) is 2.87. The highest BCUT2D eigenvalue weighted by molar-refractivity contribution is 7.07. The third-order valence-corrected chi connectivity index (χ3v) is 4.11. The number of hydrogen-bond donors (Lipinski definition) is 1. The molecule has 1 aliphatic rings. The van der Waals surface area contributed by atoms with Gasteiger partial charge in [-0.05, 0) is 47.4 Å². The van der Waals surface area contributed by atoms with E-state index in [1.165, 1.54) is 0 Å².